The fourth-order valence-electron chi connectivity index (χ4n) is 2.25. The van der Waals surface area contributed by atoms with Gasteiger partial charge in [0.1, 0.15) is 0 Å². The van der Waals surface area contributed by atoms with Gasteiger partial charge in [-0.25, -0.2) is 0 Å². The Kier molecular flexibility index (Phi) is 5.09. The summed E-state index contributed by atoms with van der Waals surface area (Å²) in [6.07, 6.45) is 0. The van der Waals surface area contributed by atoms with Crippen molar-refractivity contribution in [1.29, 1.82) is 0 Å². The largest absolute Gasteiger partial charge is 0.378 e. The van der Waals surface area contributed by atoms with E-state index >= 15 is 0 Å². The molecule has 2 aromatic carbocycles. The molecule has 0 heterocycles. The highest BCUT2D eigenvalue weighted by Gasteiger charge is 2.05. The number of benzene rings is 2. The molecule has 0 spiro atoms. The van der Waals surface area contributed by atoms with E-state index in [2.05, 4.69) is 97.5 Å². The van der Waals surface area contributed by atoms with Gasteiger partial charge in [-0.3, -0.25) is 0 Å². The molecule has 0 radical (unpaired) electrons. The van der Waals surface area contributed by atoms with E-state index in [0.29, 0.717) is 0 Å². The van der Waals surface area contributed by atoms with Gasteiger partial charge >= 0.3 is 0 Å². The molecular weight excluding hydrogens is 258 g/mol. The average molecular weight is 283 g/mol. The molecule has 112 valence electrons. The molecule has 3 heteroatoms. The van der Waals surface area contributed by atoms with Gasteiger partial charge in [-0.2, -0.15) is 0 Å². The number of likely N-dealkylation sites (N-methyl/N-ethyl adjacent to an activating group) is 2. The highest BCUT2D eigenvalue weighted by atomic mass is 15.2. The minimum Gasteiger partial charge on any atom is -0.378 e. The number of anilines is 3. The molecule has 21 heavy (non-hydrogen) atoms. The van der Waals surface area contributed by atoms with Crippen LogP contribution in [-0.2, 0) is 0 Å². The topological polar surface area (TPSA) is 9.72 Å². The van der Waals surface area contributed by atoms with E-state index in [1.165, 1.54) is 17.1 Å². The van der Waals surface area contributed by atoms with Gasteiger partial charge < -0.3 is 14.7 Å². The molecule has 0 saturated carbocycles. The lowest BCUT2D eigenvalue weighted by atomic mass is 10.2. The highest BCUT2D eigenvalue weighted by Crippen LogP contribution is 2.20. The number of para-hydroxylation sites is 1. The zero-order valence-corrected chi connectivity index (χ0v) is 13.5. The van der Waals surface area contributed by atoms with Gasteiger partial charge in [-0.1, -0.05) is 24.3 Å². The van der Waals surface area contributed by atoms with Crippen molar-refractivity contribution in [1.82, 2.24) is 0 Å². The van der Waals surface area contributed by atoms with Gasteiger partial charge in [0.15, 0.2) is 0 Å². The summed E-state index contributed by atoms with van der Waals surface area (Å²) >= 11 is 0. The van der Waals surface area contributed by atoms with Gasteiger partial charge in [0.25, 0.3) is 0 Å². The van der Waals surface area contributed by atoms with Gasteiger partial charge in [-0.15, -0.1) is 0 Å². The van der Waals surface area contributed by atoms with E-state index in [1.54, 1.807) is 0 Å². The summed E-state index contributed by atoms with van der Waals surface area (Å²) in [6, 6.07) is 19.1. The first-order valence-corrected chi connectivity index (χ1v) is 7.32. The SMILES string of the molecule is CN(C)c1cccc(N(C)CCN(C)c2ccccc2)c1. The molecule has 0 aliphatic rings. The summed E-state index contributed by atoms with van der Waals surface area (Å²) in [6.45, 7) is 1.98. The second-order valence-corrected chi connectivity index (χ2v) is 5.59. The molecule has 2 aromatic rings. The van der Waals surface area contributed by atoms with Gasteiger partial charge in [-0.05, 0) is 30.3 Å². The molecule has 0 aliphatic heterocycles. The maximum absolute atomic E-state index is 2.30. The first-order chi connectivity index (χ1) is 10.1. The molecule has 3 nitrogen and oxygen atoms in total. The Morgan fingerprint density at radius 3 is 1.76 bits per heavy atom. The fraction of sp³-hybridized carbons (Fsp3) is 0.333. The van der Waals surface area contributed by atoms with Crippen LogP contribution in [0.3, 0.4) is 0 Å². The molecule has 0 atom stereocenters. The molecule has 0 saturated heterocycles. The summed E-state index contributed by atoms with van der Waals surface area (Å²) in [5.74, 6) is 0. The van der Waals surface area contributed by atoms with Gasteiger partial charge in [0.2, 0.25) is 0 Å². The lowest BCUT2D eigenvalue weighted by molar-refractivity contribution is 0.833. The maximum Gasteiger partial charge on any atom is 0.0385 e. The number of nitrogens with zero attached hydrogens (tertiary/aromatic N) is 3. The average Bonchev–Trinajstić information content (AvgIpc) is 2.53. The molecule has 0 N–H and O–H groups in total. The fourth-order valence-corrected chi connectivity index (χ4v) is 2.25. The number of hydrogen-bond donors (Lipinski definition) is 0. The molecule has 0 aromatic heterocycles. The second kappa shape index (κ2) is 7.02. The van der Waals surface area contributed by atoms with Gasteiger partial charge in [0.05, 0.1) is 0 Å². The van der Waals surface area contributed by atoms with Crippen molar-refractivity contribution in [3.05, 3.63) is 54.6 Å². The number of hydrogen-bond acceptors (Lipinski definition) is 3. The Morgan fingerprint density at radius 1 is 0.619 bits per heavy atom. The minimum atomic E-state index is 0.988. The van der Waals surface area contributed by atoms with Crippen molar-refractivity contribution in [3.8, 4) is 0 Å². The smallest absolute Gasteiger partial charge is 0.0385 e. The monoisotopic (exact) mass is 283 g/mol. The van der Waals surface area contributed by atoms with Crippen LogP contribution < -0.4 is 14.7 Å². The van der Waals surface area contributed by atoms with Crippen LogP contribution in [0.15, 0.2) is 54.6 Å². The highest BCUT2D eigenvalue weighted by molar-refractivity contribution is 5.58. The van der Waals surface area contributed by atoms with Crippen molar-refractivity contribution >= 4 is 17.1 Å². The van der Waals surface area contributed by atoms with E-state index in [9.17, 15) is 0 Å². The van der Waals surface area contributed by atoms with E-state index in [4.69, 9.17) is 0 Å². The Balaban J connectivity index is 1.95. The predicted octanol–water partition coefficient (Wildman–Crippen LogP) is 3.33. The normalized spacial score (nSPS) is 10.3. The van der Waals surface area contributed by atoms with Crippen LogP contribution in [0.5, 0.6) is 0 Å². The standard InChI is InChI=1S/C18H25N3/c1-19(2)17-11-8-12-18(15-17)21(4)14-13-20(3)16-9-6-5-7-10-16/h5-12,15H,13-14H2,1-4H3. The summed E-state index contributed by atoms with van der Waals surface area (Å²) in [5.41, 5.74) is 3.74. The Labute approximate surface area is 128 Å². The predicted molar refractivity (Wildman–Crippen MR) is 93.8 cm³/mol. The van der Waals surface area contributed by atoms with Crippen LogP contribution in [0.1, 0.15) is 0 Å². The third-order valence-corrected chi connectivity index (χ3v) is 3.75. The van der Waals surface area contributed by atoms with Crippen LogP contribution in [-0.4, -0.2) is 41.3 Å². The molecular formula is C18H25N3. The summed E-state index contributed by atoms with van der Waals surface area (Å²) < 4.78 is 0. The van der Waals surface area contributed by atoms with Crippen molar-refractivity contribution in [2.24, 2.45) is 0 Å². The first kappa shape index (κ1) is 15.2. The zero-order chi connectivity index (χ0) is 15.2. The molecule has 0 unspecified atom stereocenters. The van der Waals surface area contributed by atoms with Crippen molar-refractivity contribution in [2.45, 2.75) is 0 Å². The Hall–Kier alpha value is -2.16. The van der Waals surface area contributed by atoms with Crippen LogP contribution in [0.4, 0.5) is 17.1 Å². The second-order valence-electron chi connectivity index (χ2n) is 5.59. The minimum absolute atomic E-state index is 0.988. The lowest BCUT2D eigenvalue weighted by Crippen LogP contribution is -2.30. The molecule has 0 amide bonds. The van der Waals surface area contributed by atoms with E-state index in [1.807, 2.05) is 0 Å². The quantitative estimate of drug-likeness (QED) is 0.805. The van der Waals surface area contributed by atoms with Crippen LogP contribution in [0.2, 0.25) is 0 Å². The Bertz CT molecular complexity index is 551. The molecule has 2 rings (SSSR count). The van der Waals surface area contributed by atoms with Crippen molar-refractivity contribution in [2.75, 3.05) is 56.0 Å². The third-order valence-electron chi connectivity index (χ3n) is 3.75. The summed E-state index contributed by atoms with van der Waals surface area (Å²) in [7, 11) is 8.43. The van der Waals surface area contributed by atoms with E-state index in [-0.39, 0.29) is 0 Å². The number of rotatable bonds is 6. The van der Waals surface area contributed by atoms with Crippen molar-refractivity contribution in [3.63, 3.8) is 0 Å². The zero-order valence-electron chi connectivity index (χ0n) is 13.5. The Morgan fingerprint density at radius 2 is 1.14 bits per heavy atom. The lowest BCUT2D eigenvalue weighted by Gasteiger charge is -2.26. The van der Waals surface area contributed by atoms with Crippen LogP contribution in [0, 0.1) is 0 Å². The van der Waals surface area contributed by atoms with Gasteiger partial charge in [0, 0.05) is 58.3 Å². The summed E-state index contributed by atoms with van der Waals surface area (Å²) in [5, 5.41) is 0. The van der Waals surface area contributed by atoms with E-state index in [0.717, 1.165) is 13.1 Å². The first-order valence-electron chi connectivity index (χ1n) is 7.32. The van der Waals surface area contributed by atoms with Crippen LogP contribution >= 0.6 is 0 Å². The van der Waals surface area contributed by atoms with Crippen molar-refractivity contribution < 1.29 is 0 Å². The molecule has 0 fully saturated rings. The molecule has 0 aliphatic carbocycles. The third kappa shape index (κ3) is 4.15. The van der Waals surface area contributed by atoms with E-state index < -0.39 is 0 Å². The maximum atomic E-state index is 2.30. The summed E-state index contributed by atoms with van der Waals surface area (Å²) in [4.78, 5) is 6.71. The van der Waals surface area contributed by atoms with Crippen LogP contribution in [0.25, 0.3) is 0 Å². The molecule has 0 bridgehead atoms.